The summed E-state index contributed by atoms with van der Waals surface area (Å²) < 4.78 is 10.8. The van der Waals surface area contributed by atoms with Gasteiger partial charge in [-0.25, -0.2) is 0 Å². The lowest BCUT2D eigenvalue weighted by molar-refractivity contribution is -0.122. The second-order valence-corrected chi connectivity index (χ2v) is 7.17. The number of ether oxygens (including phenoxy) is 1. The largest absolute Gasteiger partial charge is 0.495 e. The van der Waals surface area contributed by atoms with Gasteiger partial charge in [-0.1, -0.05) is 17.7 Å². The Morgan fingerprint density at radius 3 is 2.96 bits per heavy atom. The smallest absolute Gasteiger partial charge is 0.244 e. The van der Waals surface area contributed by atoms with Gasteiger partial charge in [-0.3, -0.25) is 9.69 Å². The van der Waals surface area contributed by atoms with E-state index < -0.39 is 0 Å². The van der Waals surface area contributed by atoms with E-state index in [0.29, 0.717) is 10.8 Å². The lowest BCUT2D eigenvalue weighted by Gasteiger charge is -2.34. The van der Waals surface area contributed by atoms with Gasteiger partial charge in [0.2, 0.25) is 5.91 Å². The molecule has 2 fully saturated rings. The number of aryl methyl sites for hydroxylation is 1. The van der Waals surface area contributed by atoms with E-state index in [1.54, 1.807) is 19.4 Å². The summed E-state index contributed by atoms with van der Waals surface area (Å²) in [4.78, 5) is 17.1. The van der Waals surface area contributed by atoms with Gasteiger partial charge in [0.15, 0.2) is 0 Å². The molecule has 0 radical (unpaired) electrons. The summed E-state index contributed by atoms with van der Waals surface area (Å²) in [5.41, 5.74) is 1.76. The Labute approximate surface area is 157 Å². The fraction of sp³-hybridized carbons (Fsp3) is 0.350. The zero-order valence-corrected chi connectivity index (χ0v) is 15.6. The van der Waals surface area contributed by atoms with Crippen molar-refractivity contribution in [3.8, 4) is 5.75 Å². The van der Waals surface area contributed by atoms with Crippen molar-refractivity contribution in [1.29, 1.82) is 0 Å². The summed E-state index contributed by atoms with van der Waals surface area (Å²) in [6.45, 7) is 3.53. The third-order valence-electron chi connectivity index (χ3n) is 5.15. The number of nitrogens with zero attached hydrogens (tertiary/aromatic N) is 2. The normalized spacial score (nSPS) is 22.7. The molecule has 2 bridgehead atoms. The molecule has 5 nitrogen and oxygen atoms in total. The molecule has 0 aliphatic carbocycles. The van der Waals surface area contributed by atoms with Crippen molar-refractivity contribution < 1.29 is 13.9 Å². The van der Waals surface area contributed by atoms with Crippen LogP contribution in [0.15, 0.2) is 41.0 Å². The summed E-state index contributed by atoms with van der Waals surface area (Å²) in [5, 5.41) is 0.645. The van der Waals surface area contributed by atoms with E-state index >= 15 is 0 Å². The van der Waals surface area contributed by atoms with E-state index in [0.717, 1.165) is 36.5 Å². The molecule has 2 saturated heterocycles. The van der Waals surface area contributed by atoms with E-state index in [2.05, 4.69) is 4.90 Å². The average Bonchev–Trinajstić information content (AvgIpc) is 3.34. The number of halogens is 1. The molecule has 4 rings (SSSR count). The van der Waals surface area contributed by atoms with Gasteiger partial charge in [0.25, 0.3) is 0 Å². The van der Waals surface area contributed by atoms with Crippen molar-refractivity contribution in [3.63, 3.8) is 0 Å². The number of piperazine rings is 1. The van der Waals surface area contributed by atoms with Gasteiger partial charge in [-0.2, -0.15) is 0 Å². The zero-order chi connectivity index (χ0) is 18.3. The third kappa shape index (κ3) is 2.91. The molecule has 2 aromatic rings. The Hall–Kier alpha value is -2.24. The average molecular weight is 373 g/mol. The van der Waals surface area contributed by atoms with E-state index in [4.69, 9.17) is 20.8 Å². The van der Waals surface area contributed by atoms with Gasteiger partial charge in [-0.15, -0.1) is 0 Å². The Morgan fingerprint density at radius 1 is 1.42 bits per heavy atom. The number of fused-ring (bicyclic) bond motifs is 2. The monoisotopic (exact) mass is 372 g/mol. The number of methoxy groups -OCH3 is 1. The number of likely N-dealkylation sites (tertiary alicyclic amines) is 1. The molecule has 1 aromatic carbocycles. The first-order chi connectivity index (χ1) is 12.6. The van der Waals surface area contributed by atoms with E-state index in [1.165, 1.54) is 0 Å². The van der Waals surface area contributed by atoms with Crippen LogP contribution in [-0.2, 0) is 4.79 Å². The van der Waals surface area contributed by atoms with E-state index in [-0.39, 0.29) is 18.0 Å². The van der Waals surface area contributed by atoms with Gasteiger partial charge in [0, 0.05) is 24.2 Å². The van der Waals surface area contributed by atoms with E-state index in [9.17, 15) is 4.79 Å². The fourth-order valence-electron chi connectivity index (χ4n) is 3.87. The van der Waals surface area contributed by atoms with Crippen LogP contribution in [0.4, 0.5) is 5.69 Å². The first kappa shape index (κ1) is 17.2. The Bertz CT molecular complexity index is 847. The first-order valence-electron chi connectivity index (χ1n) is 8.70. The quantitative estimate of drug-likeness (QED) is 0.801. The van der Waals surface area contributed by atoms with Crippen LogP contribution in [0, 0.1) is 6.92 Å². The molecule has 0 unspecified atom stereocenters. The Balaban J connectivity index is 1.51. The molecule has 1 aromatic heterocycles. The summed E-state index contributed by atoms with van der Waals surface area (Å²) in [7, 11) is 1.61. The number of carbonyl (C=O) groups excluding carboxylic acids is 1. The molecule has 1 amide bonds. The molecule has 136 valence electrons. The number of hydrogen-bond acceptors (Lipinski definition) is 4. The van der Waals surface area contributed by atoms with Crippen molar-refractivity contribution in [3.05, 3.63) is 53.0 Å². The number of hydrogen-bond donors (Lipinski definition) is 0. The molecule has 2 atom stereocenters. The van der Waals surface area contributed by atoms with Gasteiger partial charge in [0.05, 0.1) is 31.1 Å². The van der Waals surface area contributed by atoms with Crippen molar-refractivity contribution in [2.45, 2.75) is 25.4 Å². The molecule has 0 spiro atoms. The van der Waals surface area contributed by atoms with Crippen LogP contribution in [0.2, 0.25) is 5.02 Å². The summed E-state index contributed by atoms with van der Waals surface area (Å²) in [6.07, 6.45) is 6.49. The maximum Gasteiger partial charge on any atom is 0.244 e. The predicted molar refractivity (Wildman–Crippen MR) is 102 cm³/mol. The highest BCUT2D eigenvalue weighted by atomic mass is 35.5. The lowest BCUT2D eigenvalue weighted by atomic mass is 10.1. The van der Waals surface area contributed by atoms with Gasteiger partial charge in [0.1, 0.15) is 11.5 Å². The van der Waals surface area contributed by atoms with Crippen LogP contribution in [0.5, 0.6) is 5.75 Å². The first-order valence-corrected chi connectivity index (χ1v) is 9.07. The van der Waals surface area contributed by atoms with Gasteiger partial charge < -0.3 is 14.1 Å². The van der Waals surface area contributed by atoms with Crippen molar-refractivity contribution in [2.24, 2.45) is 0 Å². The number of carbonyl (C=O) groups is 1. The van der Waals surface area contributed by atoms with E-state index in [1.807, 2.05) is 42.2 Å². The molecule has 3 heterocycles. The summed E-state index contributed by atoms with van der Waals surface area (Å²) >= 11 is 6.20. The molecular formula is C20H21ClN2O3. The number of furan rings is 1. The highest BCUT2D eigenvalue weighted by Crippen LogP contribution is 2.41. The second-order valence-electron chi connectivity index (χ2n) is 6.76. The minimum Gasteiger partial charge on any atom is -0.495 e. The summed E-state index contributed by atoms with van der Waals surface area (Å²) in [6, 6.07) is 7.59. The highest BCUT2D eigenvalue weighted by molar-refractivity contribution is 6.31. The van der Waals surface area contributed by atoms with Crippen molar-refractivity contribution in [1.82, 2.24) is 4.90 Å². The third-order valence-corrected chi connectivity index (χ3v) is 5.56. The maximum absolute atomic E-state index is 13.0. The topological polar surface area (TPSA) is 45.9 Å². The molecule has 0 saturated carbocycles. The van der Waals surface area contributed by atoms with Crippen LogP contribution < -0.4 is 9.64 Å². The zero-order valence-electron chi connectivity index (χ0n) is 14.8. The minimum atomic E-state index is -0.0815. The molecular weight excluding hydrogens is 352 g/mol. The predicted octanol–water partition coefficient (Wildman–Crippen LogP) is 3.75. The fourth-order valence-corrected chi connectivity index (χ4v) is 4.02. The lowest BCUT2D eigenvalue weighted by Crippen LogP contribution is -2.50. The van der Waals surface area contributed by atoms with Crippen LogP contribution in [0.1, 0.15) is 17.7 Å². The summed E-state index contributed by atoms with van der Waals surface area (Å²) in [5.74, 6) is 1.60. The highest BCUT2D eigenvalue weighted by Gasteiger charge is 2.50. The maximum atomic E-state index is 13.0. The number of rotatable bonds is 5. The number of amides is 1. The molecule has 6 heteroatoms. The SMILES string of the molecule is COc1cc(Cl)c(C)cc1N1C(=O)[C@@H]2C[C@H]1CN2CC=Cc1ccco1. The van der Waals surface area contributed by atoms with Crippen LogP contribution in [0.25, 0.3) is 6.08 Å². The minimum absolute atomic E-state index is 0.0815. The van der Waals surface area contributed by atoms with Crippen molar-refractivity contribution >= 4 is 29.3 Å². The number of anilines is 1. The number of benzene rings is 1. The van der Waals surface area contributed by atoms with Crippen molar-refractivity contribution in [2.75, 3.05) is 25.1 Å². The van der Waals surface area contributed by atoms with Crippen LogP contribution in [-0.4, -0.2) is 43.1 Å². The Kier molecular flexibility index (Phi) is 4.51. The standard InChI is InChI=1S/C20H21ClN2O3/c1-13-9-17(19(25-2)11-16(13)21)23-14-10-18(20(23)24)22(12-14)7-3-5-15-6-4-8-26-15/h3-6,8-9,11,14,18H,7,10,12H2,1-2H3/t14-,18-/m0/s1. The molecule has 2 aliphatic heterocycles. The molecule has 2 aliphatic rings. The second kappa shape index (κ2) is 6.82. The molecule has 26 heavy (non-hydrogen) atoms. The Morgan fingerprint density at radius 2 is 2.27 bits per heavy atom. The van der Waals surface area contributed by atoms with Gasteiger partial charge in [-0.05, 0) is 43.2 Å². The molecule has 0 N–H and O–H groups in total. The van der Waals surface area contributed by atoms with Crippen LogP contribution >= 0.6 is 11.6 Å². The van der Waals surface area contributed by atoms with Gasteiger partial charge >= 0.3 is 0 Å². The van der Waals surface area contributed by atoms with Crippen LogP contribution in [0.3, 0.4) is 0 Å².